The molecule has 0 radical (unpaired) electrons. The minimum Gasteiger partial charge on any atom is -0.481 e. The number of carboxylic acid groups (broad SMARTS) is 1. The van der Waals surface area contributed by atoms with Crippen molar-refractivity contribution in [2.24, 2.45) is 5.92 Å². The van der Waals surface area contributed by atoms with Gasteiger partial charge in [-0.1, -0.05) is 61.4 Å². The van der Waals surface area contributed by atoms with E-state index in [0.717, 1.165) is 35.1 Å². The smallest absolute Gasteiger partial charge is 0.407 e. The maximum absolute atomic E-state index is 12.4. The second kappa shape index (κ2) is 9.02. The quantitative estimate of drug-likeness (QED) is 0.641. The van der Waals surface area contributed by atoms with Gasteiger partial charge in [-0.05, 0) is 42.0 Å². The third kappa shape index (κ3) is 4.33. The summed E-state index contributed by atoms with van der Waals surface area (Å²) in [5.74, 6) is -2.01. The van der Waals surface area contributed by atoms with Gasteiger partial charge in [0.25, 0.3) is 0 Å². The highest BCUT2D eigenvalue weighted by Crippen LogP contribution is 2.44. The van der Waals surface area contributed by atoms with Crippen molar-refractivity contribution >= 4 is 18.0 Å². The molecule has 1 fully saturated rings. The van der Waals surface area contributed by atoms with Gasteiger partial charge in [0.2, 0.25) is 5.91 Å². The molecule has 3 N–H and O–H groups in total. The van der Waals surface area contributed by atoms with Gasteiger partial charge in [-0.15, -0.1) is 0 Å². The maximum Gasteiger partial charge on any atom is 0.407 e. The average Bonchev–Trinajstić information content (AvgIpc) is 3.10. The van der Waals surface area contributed by atoms with Gasteiger partial charge in [0.1, 0.15) is 13.2 Å². The van der Waals surface area contributed by atoms with Gasteiger partial charge in [0, 0.05) is 5.92 Å². The molecule has 0 spiro atoms. The molecule has 4 rings (SSSR count). The van der Waals surface area contributed by atoms with Gasteiger partial charge in [0.15, 0.2) is 0 Å². The lowest BCUT2D eigenvalue weighted by Gasteiger charge is -2.39. The molecule has 2 unspecified atom stereocenters. The fraction of sp³-hybridized carbons (Fsp3) is 0.400. The highest BCUT2D eigenvalue weighted by molar-refractivity contribution is 5.84. The summed E-state index contributed by atoms with van der Waals surface area (Å²) in [6.45, 7) is 1.66. The fourth-order valence-electron chi connectivity index (χ4n) is 5.04. The van der Waals surface area contributed by atoms with Crippen LogP contribution in [0.3, 0.4) is 0 Å². The number of carbonyl (C=O) groups is 3. The molecule has 2 aliphatic carbocycles. The number of carboxylic acids is 1. The van der Waals surface area contributed by atoms with Crippen molar-refractivity contribution in [2.75, 3.05) is 13.2 Å². The summed E-state index contributed by atoms with van der Waals surface area (Å²) in [7, 11) is 0. The van der Waals surface area contributed by atoms with E-state index in [1.54, 1.807) is 6.92 Å². The predicted molar refractivity (Wildman–Crippen MR) is 119 cm³/mol. The minimum atomic E-state index is -0.906. The Morgan fingerprint density at radius 3 is 2.28 bits per heavy atom. The summed E-state index contributed by atoms with van der Waals surface area (Å²) in [4.78, 5) is 36.2. The van der Waals surface area contributed by atoms with Crippen LogP contribution in [-0.4, -0.2) is 41.8 Å². The highest BCUT2D eigenvalue weighted by Gasteiger charge is 2.42. The van der Waals surface area contributed by atoms with Gasteiger partial charge in [-0.25, -0.2) is 4.79 Å². The summed E-state index contributed by atoms with van der Waals surface area (Å²) < 4.78 is 5.44. The van der Waals surface area contributed by atoms with Crippen LogP contribution in [0.5, 0.6) is 0 Å². The zero-order valence-electron chi connectivity index (χ0n) is 18.1. The van der Waals surface area contributed by atoms with Crippen LogP contribution >= 0.6 is 0 Å². The summed E-state index contributed by atoms with van der Waals surface area (Å²) in [5, 5.41) is 14.8. The van der Waals surface area contributed by atoms with Crippen molar-refractivity contribution in [3.63, 3.8) is 0 Å². The Kier molecular flexibility index (Phi) is 6.17. The van der Waals surface area contributed by atoms with Gasteiger partial charge in [-0.2, -0.15) is 0 Å². The number of fused-ring (bicyclic) bond motifs is 3. The first-order chi connectivity index (χ1) is 15.4. The first kappa shape index (κ1) is 21.9. The molecular formula is C25H28N2O5. The molecule has 2 atom stereocenters. The van der Waals surface area contributed by atoms with E-state index < -0.39 is 29.4 Å². The van der Waals surface area contributed by atoms with Gasteiger partial charge >= 0.3 is 12.1 Å². The Balaban J connectivity index is 1.31. The number of rotatable bonds is 6. The van der Waals surface area contributed by atoms with E-state index in [9.17, 15) is 19.5 Å². The fourth-order valence-corrected chi connectivity index (χ4v) is 5.04. The Bertz CT molecular complexity index is 991. The van der Waals surface area contributed by atoms with Crippen LogP contribution < -0.4 is 10.6 Å². The molecule has 2 aromatic rings. The number of carbonyl (C=O) groups excluding carboxylic acids is 2. The molecule has 2 amide bonds. The van der Waals surface area contributed by atoms with E-state index in [2.05, 4.69) is 22.8 Å². The van der Waals surface area contributed by atoms with Gasteiger partial charge < -0.3 is 20.5 Å². The van der Waals surface area contributed by atoms with Crippen molar-refractivity contribution in [3.05, 3.63) is 59.7 Å². The second-order valence-corrected chi connectivity index (χ2v) is 8.78. The Labute approximate surface area is 187 Å². The van der Waals surface area contributed by atoms with Crippen LogP contribution in [0.1, 0.15) is 49.7 Å². The van der Waals surface area contributed by atoms with E-state index >= 15 is 0 Å². The van der Waals surface area contributed by atoms with E-state index in [1.807, 2.05) is 36.4 Å². The molecule has 1 saturated carbocycles. The molecule has 168 valence electrons. The summed E-state index contributed by atoms with van der Waals surface area (Å²) >= 11 is 0. The Morgan fingerprint density at radius 1 is 1.03 bits per heavy atom. The molecule has 0 bridgehead atoms. The van der Waals surface area contributed by atoms with E-state index in [1.165, 1.54) is 0 Å². The number of aliphatic carboxylic acids is 1. The van der Waals surface area contributed by atoms with Crippen LogP contribution in [-0.2, 0) is 14.3 Å². The molecule has 7 heteroatoms. The van der Waals surface area contributed by atoms with Crippen molar-refractivity contribution < 1.29 is 24.2 Å². The van der Waals surface area contributed by atoms with Gasteiger partial charge in [0.05, 0.1) is 11.5 Å². The number of benzene rings is 2. The molecular weight excluding hydrogens is 408 g/mol. The van der Waals surface area contributed by atoms with Crippen LogP contribution in [0.2, 0.25) is 0 Å². The summed E-state index contributed by atoms with van der Waals surface area (Å²) in [6, 6.07) is 16.1. The zero-order chi connectivity index (χ0) is 22.7. The van der Waals surface area contributed by atoms with Crippen LogP contribution in [0.4, 0.5) is 4.79 Å². The van der Waals surface area contributed by atoms with Crippen LogP contribution in [0.15, 0.2) is 48.5 Å². The zero-order valence-corrected chi connectivity index (χ0v) is 18.1. The molecule has 0 aromatic heterocycles. The first-order valence-corrected chi connectivity index (χ1v) is 11.0. The van der Waals surface area contributed by atoms with Crippen molar-refractivity contribution in [2.45, 2.75) is 44.1 Å². The lowest BCUT2D eigenvalue weighted by atomic mass is 9.74. The molecule has 0 saturated heterocycles. The number of nitrogens with one attached hydrogen (secondary N) is 2. The Morgan fingerprint density at radius 2 is 1.66 bits per heavy atom. The van der Waals surface area contributed by atoms with Crippen LogP contribution in [0.25, 0.3) is 11.1 Å². The second-order valence-electron chi connectivity index (χ2n) is 8.78. The predicted octanol–water partition coefficient (Wildman–Crippen LogP) is 3.67. The number of hydrogen-bond donors (Lipinski definition) is 3. The monoisotopic (exact) mass is 436 g/mol. The number of hydrogen-bond acceptors (Lipinski definition) is 4. The van der Waals surface area contributed by atoms with Crippen molar-refractivity contribution in [3.8, 4) is 11.1 Å². The third-order valence-electron chi connectivity index (χ3n) is 6.67. The van der Waals surface area contributed by atoms with Crippen molar-refractivity contribution in [1.82, 2.24) is 10.6 Å². The minimum absolute atomic E-state index is 0.0561. The highest BCUT2D eigenvalue weighted by atomic mass is 16.5. The molecule has 0 heterocycles. The molecule has 2 aromatic carbocycles. The molecule has 0 aliphatic heterocycles. The summed E-state index contributed by atoms with van der Waals surface area (Å²) in [6.07, 6.45) is 2.15. The number of ether oxygens (including phenoxy) is 1. The maximum atomic E-state index is 12.4. The van der Waals surface area contributed by atoms with E-state index in [0.29, 0.717) is 12.8 Å². The third-order valence-corrected chi connectivity index (χ3v) is 6.67. The van der Waals surface area contributed by atoms with E-state index in [-0.39, 0.29) is 19.1 Å². The molecule has 7 nitrogen and oxygen atoms in total. The Hall–Kier alpha value is -3.35. The SMILES string of the molecule is CC1(NC(=O)CNC(=O)OCC2c3ccccc3-c3ccccc32)CCCCC1C(=O)O. The summed E-state index contributed by atoms with van der Waals surface area (Å²) in [5.41, 5.74) is 3.70. The molecule has 32 heavy (non-hydrogen) atoms. The normalized spacial score (nSPS) is 21.8. The molecule has 2 aliphatic rings. The van der Waals surface area contributed by atoms with E-state index in [4.69, 9.17) is 4.74 Å². The standard InChI is InChI=1S/C25H28N2O5/c1-25(13-7-6-12-21(25)23(29)30)27-22(28)14-26-24(31)32-15-20-18-10-4-2-8-16(18)17-9-3-5-11-19(17)20/h2-5,8-11,20-21H,6-7,12-15H2,1H3,(H,26,31)(H,27,28)(H,29,30). The first-order valence-electron chi connectivity index (χ1n) is 11.0. The number of amides is 2. The lowest BCUT2D eigenvalue weighted by molar-refractivity contribution is -0.146. The van der Waals surface area contributed by atoms with Crippen molar-refractivity contribution in [1.29, 1.82) is 0 Å². The topological polar surface area (TPSA) is 105 Å². The average molecular weight is 437 g/mol. The number of alkyl carbamates (subject to hydrolysis) is 1. The largest absolute Gasteiger partial charge is 0.481 e. The lowest BCUT2D eigenvalue weighted by Crippen LogP contribution is -2.57. The van der Waals surface area contributed by atoms with Crippen LogP contribution in [0, 0.1) is 5.92 Å². The van der Waals surface area contributed by atoms with Gasteiger partial charge in [-0.3, -0.25) is 9.59 Å².